The average molecular weight is 332 g/mol. The van der Waals surface area contributed by atoms with Gasteiger partial charge in [-0.1, -0.05) is 0 Å². The van der Waals surface area contributed by atoms with Crippen LogP contribution in [-0.4, -0.2) is 50.9 Å². The maximum atomic E-state index is 13.3. The van der Waals surface area contributed by atoms with E-state index < -0.39 is 0 Å². The first-order chi connectivity index (χ1) is 11.4. The quantitative estimate of drug-likeness (QED) is 0.880. The molecule has 3 rings (SSSR count). The van der Waals surface area contributed by atoms with E-state index in [4.69, 9.17) is 0 Å². The van der Waals surface area contributed by atoms with Crippen LogP contribution in [0.1, 0.15) is 29.9 Å². The molecule has 0 saturated carbocycles. The van der Waals surface area contributed by atoms with Crippen LogP contribution in [-0.2, 0) is 0 Å². The summed E-state index contributed by atoms with van der Waals surface area (Å²) in [6, 6.07) is 4.45. The zero-order valence-electron chi connectivity index (χ0n) is 14.0. The SMILES string of the molecule is Cc1cc(F)ccc1-n1cc(O)c(C(=O)N2CCNC(C)C2C)n1. The summed E-state index contributed by atoms with van der Waals surface area (Å²) in [7, 11) is 0. The molecule has 0 aliphatic carbocycles. The Kier molecular flexibility index (Phi) is 4.28. The first-order valence-corrected chi connectivity index (χ1v) is 7.98. The van der Waals surface area contributed by atoms with Crippen molar-refractivity contribution in [3.8, 4) is 11.4 Å². The van der Waals surface area contributed by atoms with Crippen LogP contribution >= 0.6 is 0 Å². The number of amides is 1. The normalized spacial score (nSPS) is 21.1. The maximum Gasteiger partial charge on any atom is 0.278 e. The van der Waals surface area contributed by atoms with Gasteiger partial charge >= 0.3 is 0 Å². The fraction of sp³-hybridized carbons (Fsp3) is 0.412. The van der Waals surface area contributed by atoms with Crippen molar-refractivity contribution in [3.05, 3.63) is 41.5 Å². The summed E-state index contributed by atoms with van der Waals surface area (Å²) in [5.74, 6) is -0.818. The van der Waals surface area contributed by atoms with Gasteiger partial charge in [0.2, 0.25) is 0 Å². The van der Waals surface area contributed by atoms with E-state index in [9.17, 15) is 14.3 Å². The number of carbonyl (C=O) groups is 1. The molecule has 2 unspecified atom stereocenters. The minimum atomic E-state index is -0.340. The van der Waals surface area contributed by atoms with Gasteiger partial charge in [0.05, 0.1) is 11.9 Å². The maximum absolute atomic E-state index is 13.3. The first kappa shape index (κ1) is 16.4. The molecule has 0 radical (unpaired) electrons. The summed E-state index contributed by atoms with van der Waals surface area (Å²) in [5, 5.41) is 17.7. The zero-order valence-corrected chi connectivity index (χ0v) is 14.0. The number of nitrogens with zero attached hydrogens (tertiary/aromatic N) is 3. The fourth-order valence-electron chi connectivity index (χ4n) is 3.00. The van der Waals surface area contributed by atoms with Gasteiger partial charge in [0.25, 0.3) is 5.91 Å². The number of aromatic hydroxyl groups is 1. The van der Waals surface area contributed by atoms with Crippen LogP contribution in [0, 0.1) is 12.7 Å². The van der Waals surface area contributed by atoms with E-state index in [1.807, 2.05) is 13.8 Å². The summed E-state index contributed by atoms with van der Waals surface area (Å²) >= 11 is 0. The topological polar surface area (TPSA) is 70.4 Å². The highest BCUT2D eigenvalue weighted by Gasteiger charge is 2.31. The van der Waals surface area contributed by atoms with Crippen molar-refractivity contribution in [2.45, 2.75) is 32.9 Å². The van der Waals surface area contributed by atoms with Crippen LogP contribution in [0.3, 0.4) is 0 Å². The van der Waals surface area contributed by atoms with Crippen molar-refractivity contribution >= 4 is 5.91 Å². The number of benzene rings is 1. The number of carbonyl (C=O) groups excluding carboxylic acids is 1. The molecule has 1 aliphatic heterocycles. The molecule has 0 bridgehead atoms. The Balaban J connectivity index is 1.92. The van der Waals surface area contributed by atoms with Crippen molar-refractivity contribution in [2.75, 3.05) is 13.1 Å². The van der Waals surface area contributed by atoms with E-state index in [-0.39, 0.29) is 35.3 Å². The molecular weight excluding hydrogens is 311 g/mol. The molecule has 1 saturated heterocycles. The molecule has 0 spiro atoms. The van der Waals surface area contributed by atoms with Gasteiger partial charge in [-0.05, 0) is 44.5 Å². The zero-order chi connectivity index (χ0) is 17.4. The molecule has 2 aromatic rings. The van der Waals surface area contributed by atoms with E-state index in [0.717, 1.165) is 0 Å². The average Bonchev–Trinajstić information content (AvgIpc) is 2.91. The molecule has 24 heavy (non-hydrogen) atoms. The summed E-state index contributed by atoms with van der Waals surface area (Å²) in [4.78, 5) is 14.5. The van der Waals surface area contributed by atoms with Gasteiger partial charge < -0.3 is 15.3 Å². The highest BCUT2D eigenvalue weighted by Crippen LogP contribution is 2.23. The number of aryl methyl sites for hydroxylation is 1. The minimum absolute atomic E-state index is 0.00311. The van der Waals surface area contributed by atoms with Crippen LogP contribution in [0.4, 0.5) is 4.39 Å². The lowest BCUT2D eigenvalue weighted by atomic mass is 10.1. The van der Waals surface area contributed by atoms with E-state index in [2.05, 4.69) is 10.4 Å². The Morgan fingerprint density at radius 1 is 1.42 bits per heavy atom. The number of piperazine rings is 1. The number of hydrogen-bond acceptors (Lipinski definition) is 4. The van der Waals surface area contributed by atoms with E-state index in [1.165, 1.54) is 23.0 Å². The Hall–Kier alpha value is -2.41. The molecule has 1 amide bonds. The molecule has 2 atom stereocenters. The molecule has 2 N–H and O–H groups in total. The standard InChI is InChI=1S/C17H21FN4O2/c1-10-8-13(18)4-5-14(10)22-9-15(23)16(20-22)17(24)21-7-6-19-11(2)12(21)3/h4-5,8-9,11-12,19,23H,6-7H2,1-3H3. The van der Waals surface area contributed by atoms with Crippen molar-refractivity contribution in [1.82, 2.24) is 20.0 Å². The van der Waals surface area contributed by atoms with Gasteiger partial charge in [-0.25, -0.2) is 9.07 Å². The van der Waals surface area contributed by atoms with Gasteiger partial charge in [0.1, 0.15) is 5.82 Å². The van der Waals surface area contributed by atoms with Crippen LogP contribution in [0.25, 0.3) is 5.69 Å². The molecule has 1 fully saturated rings. The monoisotopic (exact) mass is 332 g/mol. The molecule has 6 nitrogen and oxygen atoms in total. The smallest absolute Gasteiger partial charge is 0.278 e. The van der Waals surface area contributed by atoms with E-state index in [1.54, 1.807) is 17.9 Å². The van der Waals surface area contributed by atoms with E-state index >= 15 is 0 Å². The van der Waals surface area contributed by atoms with Gasteiger partial charge in [-0.3, -0.25) is 4.79 Å². The summed E-state index contributed by atoms with van der Waals surface area (Å²) < 4.78 is 14.7. The highest BCUT2D eigenvalue weighted by atomic mass is 19.1. The molecular formula is C17H21FN4O2. The number of nitrogens with one attached hydrogen (secondary N) is 1. The van der Waals surface area contributed by atoms with Crippen LogP contribution in [0.15, 0.2) is 24.4 Å². The predicted octanol–water partition coefficient (Wildman–Crippen LogP) is 1.85. The number of aromatic nitrogens is 2. The third kappa shape index (κ3) is 2.87. The lowest BCUT2D eigenvalue weighted by Gasteiger charge is -2.38. The summed E-state index contributed by atoms with van der Waals surface area (Å²) in [6.07, 6.45) is 1.38. The lowest BCUT2D eigenvalue weighted by Crippen LogP contribution is -2.57. The van der Waals surface area contributed by atoms with Crippen molar-refractivity contribution in [3.63, 3.8) is 0 Å². The molecule has 128 valence electrons. The van der Waals surface area contributed by atoms with Crippen LogP contribution in [0.2, 0.25) is 0 Å². The second-order valence-electron chi connectivity index (χ2n) is 6.22. The second kappa shape index (κ2) is 6.24. The number of rotatable bonds is 2. The third-order valence-corrected chi connectivity index (χ3v) is 4.60. The van der Waals surface area contributed by atoms with Crippen molar-refractivity contribution < 1.29 is 14.3 Å². The van der Waals surface area contributed by atoms with Crippen LogP contribution in [0.5, 0.6) is 5.75 Å². The molecule has 2 heterocycles. The Morgan fingerprint density at radius 2 is 2.17 bits per heavy atom. The van der Waals surface area contributed by atoms with E-state index in [0.29, 0.717) is 24.3 Å². The number of halogens is 1. The molecule has 7 heteroatoms. The van der Waals surface area contributed by atoms with Gasteiger partial charge in [0.15, 0.2) is 11.4 Å². The minimum Gasteiger partial charge on any atom is -0.504 e. The Labute approximate surface area is 139 Å². The van der Waals surface area contributed by atoms with Gasteiger partial charge in [-0.2, -0.15) is 5.10 Å². The highest BCUT2D eigenvalue weighted by molar-refractivity contribution is 5.95. The third-order valence-electron chi connectivity index (χ3n) is 4.60. The van der Waals surface area contributed by atoms with Crippen molar-refractivity contribution in [2.24, 2.45) is 0 Å². The number of hydrogen-bond donors (Lipinski definition) is 2. The Morgan fingerprint density at radius 3 is 2.88 bits per heavy atom. The van der Waals surface area contributed by atoms with Crippen molar-refractivity contribution in [1.29, 1.82) is 0 Å². The van der Waals surface area contributed by atoms with Gasteiger partial charge in [-0.15, -0.1) is 0 Å². The second-order valence-corrected chi connectivity index (χ2v) is 6.22. The lowest BCUT2D eigenvalue weighted by molar-refractivity contribution is 0.0593. The van der Waals surface area contributed by atoms with Crippen LogP contribution < -0.4 is 5.32 Å². The summed E-state index contributed by atoms with van der Waals surface area (Å²) in [5.41, 5.74) is 1.30. The first-order valence-electron chi connectivity index (χ1n) is 7.98. The Bertz CT molecular complexity index is 774. The predicted molar refractivity (Wildman–Crippen MR) is 87.9 cm³/mol. The van der Waals surface area contributed by atoms with Gasteiger partial charge in [0, 0.05) is 25.2 Å². The molecule has 1 aromatic heterocycles. The molecule has 1 aliphatic rings. The largest absolute Gasteiger partial charge is 0.504 e. The summed E-state index contributed by atoms with van der Waals surface area (Å²) in [6.45, 7) is 7.00. The fourth-order valence-corrected chi connectivity index (χ4v) is 3.00. The molecule has 1 aromatic carbocycles.